The Morgan fingerprint density at radius 3 is 2.92 bits per heavy atom. The van der Waals surface area contributed by atoms with Crippen LogP contribution in [0.25, 0.3) is 0 Å². The molecule has 2 nitrogen and oxygen atoms in total. The van der Waals surface area contributed by atoms with E-state index in [-0.39, 0.29) is 0 Å². The molecule has 0 saturated heterocycles. The zero-order valence-electron chi connectivity index (χ0n) is 7.00. The van der Waals surface area contributed by atoms with Gasteiger partial charge in [-0.15, -0.1) is 0 Å². The van der Waals surface area contributed by atoms with Gasteiger partial charge in [-0.1, -0.05) is 22.6 Å². The van der Waals surface area contributed by atoms with Crippen molar-refractivity contribution < 1.29 is 4.74 Å². The maximum absolute atomic E-state index is 8.56. The Balaban J connectivity index is 2.48. The molecule has 0 bridgehead atoms. The zero-order chi connectivity index (χ0) is 8.97. The van der Waals surface area contributed by atoms with E-state index in [4.69, 9.17) is 10.00 Å². The molecule has 0 aromatic heterocycles. The molecule has 0 spiro atoms. The summed E-state index contributed by atoms with van der Waals surface area (Å²) in [5, 5.41) is 11.2. The van der Waals surface area contributed by atoms with E-state index in [1.165, 1.54) is 18.2 Å². The summed E-state index contributed by atoms with van der Waals surface area (Å²) in [5.41, 5.74) is 0. The number of thioether (sulfide) groups is 1. The molecule has 0 aliphatic heterocycles. The lowest BCUT2D eigenvalue weighted by atomic mass is 9.97. The van der Waals surface area contributed by atoms with Gasteiger partial charge in [-0.2, -0.15) is 5.26 Å². The molecule has 0 radical (unpaired) electrons. The molecule has 12 heavy (non-hydrogen) atoms. The van der Waals surface area contributed by atoms with Crippen molar-refractivity contribution >= 4 is 34.4 Å². The van der Waals surface area contributed by atoms with Crippen LogP contribution in [0.1, 0.15) is 19.3 Å². The van der Waals surface area contributed by atoms with E-state index in [1.807, 2.05) is 0 Å². The van der Waals surface area contributed by atoms with Crippen LogP contribution in [0.15, 0.2) is 0 Å². The maximum atomic E-state index is 8.56. The largest absolute Gasteiger partial charge is 0.380 e. The van der Waals surface area contributed by atoms with Crippen LogP contribution in [-0.2, 0) is 4.74 Å². The van der Waals surface area contributed by atoms with Crippen molar-refractivity contribution in [3.63, 3.8) is 0 Å². The fourth-order valence-corrected chi connectivity index (χ4v) is 3.70. The number of thiocyanates is 1. The molecule has 4 heteroatoms. The van der Waals surface area contributed by atoms with Crippen molar-refractivity contribution in [2.45, 2.75) is 34.5 Å². The normalized spacial score (nSPS) is 35.9. The first-order valence-corrected chi connectivity index (χ1v) is 6.13. The fourth-order valence-electron chi connectivity index (χ4n) is 1.52. The summed E-state index contributed by atoms with van der Waals surface area (Å²) in [7, 11) is 1.76. The average Bonchev–Trinajstić information content (AvgIpc) is 2.09. The zero-order valence-corrected chi connectivity index (χ0v) is 9.97. The van der Waals surface area contributed by atoms with Crippen molar-refractivity contribution in [3.8, 4) is 5.40 Å². The number of halogens is 1. The van der Waals surface area contributed by atoms with Crippen LogP contribution in [0.3, 0.4) is 0 Å². The highest BCUT2D eigenvalue weighted by atomic mass is 127. The average molecular weight is 297 g/mol. The Morgan fingerprint density at radius 1 is 1.58 bits per heavy atom. The lowest BCUT2D eigenvalue weighted by Gasteiger charge is -2.31. The summed E-state index contributed by atoms with van der Waals surface area (Å²) >= 11 is 3.80. The number of alkyl halides is 1. The van der Waals surface area contributed by atoms with E-state index in [9.17, 15) is 0 Å². The van der Waals surface area contributed by atoms with Crippen LogP contribution in [0.5, 0.6) is 0 Å². The Morgan fingerprint density at radius 2 is 2.33 bits per heavy atom. The molecule has 0 aromatic rings. The summed E-state index contributed by atoms with van der Waals surface area (Å²) in [5.74, 6) is 0. The van der Waals surface area contributed by atoms with Gasteiger partial charge in [0, 0.05) is 12.4 Å². The van der Waals surface area contributed by atoms with E-state index in [2.05, 4.69) is 28.0 Å². The fraction of sp³-hybridized carbons (Fsp3) is 0.875. The third-order valence-electron chi connectivity index (χ3n) is 2.19. The molecule has 1 fully saturated rings. The molecule has 0 aromatic carbocycles. The third-order valence-corrected chi connectivity index (χ3v) is 5.29. The standard InChI is InChI=1S/C8H12INOS/c1-11-6-3-2-4-7(8(6)9)12-5-10/h6-8H,2-4H2,1H3/t6-,7+,8+/m0/s1. The van der Waals surface area contributed by atoms with Crippen LogP contribution in [-0.4, -0.2) is 22.4 Å². The highest BCUT2D eigenvalue weighted by Crippen LogP contribution is 2.34. The Hall–Kier alpha value is 0.530. The van der Waals surface area contributed by atoms with E-state index in [1.54, 1.807) is 7.11 Å². The van der Waals surface area contributed by atoms with Crippen LogP contribution >= 0.6 is 34.4 Å². The van der Waals surface area contributed by atoms with Gasteiger partial charge in [-0.25, -0.2) is 0 Å². The predicted octanol–water partition coefficient (Wildman–Crippen LogP) is 2.57. The molecule has 1 aliphatic rings. The Bertz CT molecular complexity index is 182. The molecule has 68 valence electrons. The van der Waals surface area contributed by atoms with Gasteiger partial charge < -0.3 is 4.74 Å². The summed E-state index contributed by atoms with van der Waals surface area (Å²) in [6, 6.07) is 0. The second-order valence-electron chi connectivity index (χ2n) is 2.90. The molecule has 3 atom stereocenters. The highest BCUT2D eigenvalue weighted by Gasteiger charge is 2.31. The van der Waals surface area contributed by atoms with Crippen molar-refractivity contribution in [1.29, 1.82) is 5.26 Å². The first kappa shape index (κ1) is 10.6. The number of rotatable bonds is 2. The molecular weight excluding hydrogens is 285 g/mol. The second-order valence-corrected chi connectivity index (χ2v) is 5.36. The molecular formula is C8H12INOS. The number of hydrogen-bond donors (Lipinski definition) is 0. The molecule has 1 rings (SSSR count). The van der Waals surface area contributed by atoms with Gasteiger partial charge in [-0.3, -0.25) is 0 Å². The molecule has 1 saturated carbocycles. The van der Waals surface area contributed by atoms with Crippen molar-refractivity contribution in [3.05, 3.63) is 0 Å². The number of nitrogens with zero attached hydrogens (tertiary/aromatic N) is 1. The van der Waals surface area contributed by atoms with Gasteiger partial charge >= 0.3 is 0 Å². The summed E-state index contributed by atoms with van der Waals surface area (Å²) in [4.78, 5) is 0. The molecule has 0 amide bonds. The van der Waals surface area contributed by atoms with Crippen LogP contribution in [0.2, 0.25) is 0 Å². The SMILES string of the molecule is CO[C@H]1CCC[C@@H](SC#N)[C@@H]1I. The van der Waals surface area contributed by atoms with Crippen LogP contribution in [0.4, 0.5) is 0 Å². The van der Waals surface area contributed by atoms with E-state index >= 15 is 0 Å². The first-order chi connectivity index (χ1) is 5.79. The van der Waals surface area contributed by atoms with Crippen molar-refractivity contribution in [2.24, 2.45) is 0 Å². The minimum atomic E-state index is 0.352. The lowest BCUT2D eigenvalue weighted by Crippen LogP contribution is -2.35. The predicted molar refractivity (Wildman–Crippen MR) is 59.4 cm³/mol. The molecule has 0 unspecified atom stereocenters. The van der Waals surface area contributed by atoms with Gasteiger partial charge in [0.15, 0.2) is 0 Å². The minimum Gasteiger partial charge on any atom is -0.380 e. The summed E-state index contributed by atoms with van der Waals surface area (Å²) in [6.45, 7) is 0. The summed E-state index contributed by atoms with van der Waals surface area (Å²) in [6.07, 6.45) is 3.85. The van der Waals surface area contributed by atoms with Crippen LogP contribution < -0.4 is 0 Å². The van der Waals surface area contributed by atoms with Gasteiger partial charge in [0.1, 0.15) is 5.40 Å². The molecule has 0 heterocycles. The van der Waals surface area contributed by atoms with Gasteiger partial charge in [0.2, 0.25) is 0 Å². The first-order valence-electron chi connectivity index (χ1n) is 4.01. The van der Waals surface area contributed by atoms with Crippen LogP contribution in [0, 0.1) is 10.7 Å². The number of hydrogen-bond acceptors (Lipinski definition) is 3. The number of ether oxygens (including phenoxy) is 1. The summed E-state index contributed by atoms with van der Waals surface area (Å²) < 4.78 is 5.84. The van der Waals surface area contributed by atoms with E-state index in [0.29, 0.717) is 15.3 Å². The number of methoxy groups -OCH3 is 1. The maximum Gasteiger partial charge on any atom is 0.133 e. The van der Waals surface area contributed by atoms with E-state index in [0.717, 1.165) is 12.8 Å². The minimum absolute atomic E-state index is 0.352. The van der Waals surface area contributed by atoms with Gasteiger partial charge in [0.25, 0.3) is 0 Å². The lowest BCUT2D eigenvalue weighted by molar-refractivity contribution is 0.0823. The van der Waals surface area contributed by atoms with Gasteiger partial charge in [0.05, 0.1) is 10.0 Å². The molecule has 0 N–H and O–H groups in total. The second kappa shape index (κ2) is 5.30. The number of nitriles is 1. The van der Waals surface area contributed by atoms with Crippen molar-refractivity contribution in [1.82, 2.24) is 0 Å². The quantitative estimate of drug-likeness (QED) is 0.446. The van der Waals surface area contributed by atoms with Crippen molar-refractivity contribution in [2.75, 3.05) is 7.11 Å². The monoisotopic (exact) mass is 297 g/mol. The third kappa shape index (κ3) is 2.51. The van der Waals surface area contributed by atoms with Gasteiger partial charge in [-0.05, 0) is 31.0 Å². The highest BCUT2D eigenvalue weighted by molar-refractivity contribution is 14.1. The van der Waals surface area contributed by atoms with E-state index < -0.39 is 0 Å². The Kier molecular flexibility index (Phi) is 4.69. The topological polar surface area (TPSA) is 33.0 Å². The Labute approximate surface area is 91.2 Å². The smallest absolute Gasteiger partial charge is 0.133 e. The molecule has 1 aliphatic carbocycles.